The van der Waals surface area contributed by atoms with E-state index in [-0.39, 0.29) is 5.41 Å². The maximum atomic E-state index is 12.4. The van der Waals surface area contributed by atoms with Gasteiger partial charge in [0.05, 0.1) is 0 Å². The van der Waals surface area contributed by atoms with E-state index < -0.39 is 0 Å². The van der Waals surface area contributed by atoms with Crippen LogP contribution in [0.3, 0.4) is 0 Å². The first kappa shape index (κ1) is 14.0. The molecule has 2 nitrogen and oxygen atoms in total. The Morgan fingerprint density at radius 1 is 0.905 bits per heavy atom. The summed E-state index contributed by atoms with van der Waals surface area (Å²) in [7, 11) is 0. The number of carbonyl (C=O) groups excluding carboxylic acids is 2. The van der Waals surface area contributed by atoms with Crippen LogP contribution >= 0.6 is 0 Å². The zero-order valence-electron chi connectivity index (χ0n) is 13.5. The summed E-state index contributed by atoms with van der Waals surface area (Å²) in [6.45, 7) is 4.72. The molecule has 0 aliphatic heterocycles. The smallest absolute Gasteiger partial charge is 0.139 e. The fraction of sp³-hybridized carbons (Fsp3) is 0.895. The molecule has 0 aromatic rings. The Hall–Kier alpha value is -0.660. The van der Waals surface area contributed by atoms with Crippen LogP contribution in [0.2, 0.25) is 0 Å². The van der Waals surface area contributed by atoms with Crippen LogP contribution < -0.4 is 0 Å². The van der Waals surface area contributed by atoms with E-state index in [0.29, 0.717) is 28.8 Å². The van der Waals surface area contributed by atoms with Crippen molar-refractivity contribution in [2.75, 3.05) is 0 Å². The molecular formula is C19H28O2. The monoisotopic (exact) mass is 288 g/mol. The topological polar surface area (TPSA) is 34.1 Å². The van der Waals surface area contributed by atoms with Crippen molar-refractivity contribution in [2.24, 2.45) is 34.5 Å². The van der Waals surface area contributed by atoms with E-state index in [9.17, 15) is 9.59 Å². The van der Waals surface area contributed by atoms with Crippen LogP contribution in [-0.4, -0.2) is 11.6 Å². The van der Waals surface area contributed by atoms with Crippen molar-refractivity contribution in [3.8, 4) is 0 Å². The number of fused-ring (bicyclic) bond motifs is 5. The van der Waals surface area contributed by atoms with Crippen molar-refractivity contribution in [1.29, 1.82) is 0 Å². The number of rotatable bonds is 0. The van der Waals surface area contributed by atoms with Gasteiger partial charge < -0.3 is 0 Å². The summed E-state index contributed by atoms with van der Waals surface area (Å²) in [5, 5.41) is 0. The molecule has 116 valence electrons. The van der Waals surface area contributed by atoms with Gasteiger partial charge in [0.15, 0.2) is 0 Å². The average Bonchev–Trinajstić information content (AvgIpc) is 2.76. The van der Waals surface area contributed by atoms with Gasteiger partial charge in [0.1, 0.15) is 11.6 Å². The zero-order valence-corrected chi connectivity index (χ0v) is 13.5. The molecule has 0 aromatic heterocycles. The van der Waals surface area contributed by atoms with Crippen LogP contribution in [0.15, 0.2) is 0 Å². The van der Waals surface area contributed by atoms with E-state index in [2.05, 4.69) is 13.8 Å². The molecule has 21 heavy (non-hydrogen) atoms. The van der Waals surface area contributed by atoms with Gasteiger partial charge in [0.25, 0.3) is 0 Å². The standard InChI is InChI=1S/C19H28O2/c1-18-9-7-13(20)11-12(18)3-4-14-15-5-6-17(21)19(15,2)10-8-16(14)18/h12,14-16H,3-11H2,1-2H3/t12-,14+,15+,16-,18-,19-/m0/s1. The summed E-state index contributed by atoms with van der Waals surface area (Å²) < 4.78 is 0. The molecule has 0 radical (unpaired) electrons. The number of carbonyl (C=O) groups is 2. The van der Waals surface area contributed by atoms with Crippen LogP contribution in [0.4, 0.5) is 0 Å². The molecule has 4 rings (SSSR count). The molecule has 0 heterocycles. The second kappa shape index (κ2) is 4.43. The Labute approximate surface area is 128 Å². The van der Waals surface area contributed by atoms with E-state index in [4.69, 9.17) is 0 Å². The quantitative estimate of drug-likeness (QED) is 0.670. The molecule has 0 saturated heterocycles. The maximum Gasteiger partial charge on any atom is 0.139 e. The summed E-state index contributed by atoms with van der Waals surface area (Å²) in [4.78, 5) is 24.2. The highest BCUT2D eigenvalue weighted by Gasteiger charge is 2.60. The second-order valence-corrected chi connectivity index (χ2v) is 8.82. The third-order valence-corrected chi connectivity index (χ3v) is 8.19. The van der Waals surface area contributed by atoms with Gasteiger partial charge in [-0.15, -0.1) is 0 Å². The Bertz CT molecular complexity index is 496. The van der Waals surface area contributed by atoms with Gasteiger partial charge in [-0.2, -0.15) is 0 Å². The first-order valence-corrected chi connectivity index (χ1v) is 9.00. The number of Topliss-reactive ketones (excluding diaryl/α,β-unsaturated/α-hetero) is 2. The third-order valence-electron chi connectivity index (χ3n) is 8.19. The summed E-state index contributed by atoms with van der Waals surface area (Å²) in [5.74, 6) is 3.82. The second-order valence-electron chi connectivity index (χ2n) is 8.82. The minimum absolute atomic E-state index is 0.00511. The number of hydrogen-bond acceptors (Lipinski definition) is 2. The van der Waals surface area contributed by atoms with Gasteiger partial charge in [-0.3, -0.25) is 9.59 Å². The Morgan fingerprint density at radius 2 is 1.71 bits per heavy atom. The number of ketones is 2. The van der Waals surface area contributed by atoms with Gasteiger partial charge >= 0.3 is 0 Å². The minimum atomic E-state index is -0.00511. The molecule has 0 unspecified atom stereocenters. The first-order chi connectivity index (χ1) is 9.95. The molecule has 4 saturated carbocycles. The highest BCUT2D eigenvalue weighted by molar-refractivity contribution is 5.87. The molecule has 2 heteroatoms. The highest BCUT2D eigenvalue weighted by atomic mass is 16.1. The van der Waals surface area contributed by atoms with Gasteiger partial charge in [-0.1, -0.05) is 13.8 Å². The average molecular weight is 288 g/mol. The van der Waals surface area contributed by atoms with Crippen molar-refractivity contribution < 1.29 is 9.59 Å². The van der Waals surface area contributed by atoms with Crippen LogP contribution in [0.1, 0.15) is 71.6 Å². The Kier molecular flexibility index (Phi) is 2.94. The fourth-order valence-electron chi connectivity index (χ4n) is 6.82. The number of hydrogen-bond donors (Lipinski definition) is 0. The maximum absolute atomic E-state index is 12.4. The SMILES string of the molecule is C[C@]12CCC(=O)C[C@@H]1CC[C@@H]1[C@H]3CCC(=O)[C@@]3(C)CC[C@@H]12. The molecule has 4 fully saturated rings. The lowest BCUT2D eigenvalue weighted by molar-refractivity contribution is -0.144. The Balaban J connectivity index is 1.65. The summed E-state index contributed by atoms with van der Waals surface area (Å²) >= 11 is 0. The molecule has 0 aromatic carbocycles. The van der Waals surface area contributed by atoms with Gasteiger partial charge in [0, 0.05) is 24.7 Å². The van der Waals surface area contributed by atoms with Gasteiger partial charge in [-0.25, -0.2) is 0 Å². The molecule has 4 aliphatic rings. The van der Waals surface area contributed by atoms with Crippen molar-refractivity contribution >= 4 is 11.6 Å². The first-order valence-electron chi connectivity index (χ1n) is 9.00. The van der Waals surface area contributed by atoms with Crippen molar-refractivity contribution in [3.63, 3.8) is 0 Å². The molecular weight excluding hydrogens is 260 g/mol. The van der Waals surface area contributed by atoms with E-state index in [0.717, 1.165) is 50.4 Å². The van der Waals surface area contributed by atoms with Crippen molar-refractivity contribution in [3.05, 3.63) is 0 Å². The Morgan fingerprint density at radius 3 is 2.52 bits per heavy atom. The molecule has 6 atom stereocenters. The van der Waals surface area contributed by atoms with E-state index in [1.165, 1.54) is 19.3 Å². The van der Waals surface area contributed by atoms with Gasteiger partial charge in [-0.05, 0) is 67.6 Å². The summed E-state index contributed by atoms with van der Waals surface area (Å²) in [5.41, 5.74) is 0.374. The normalized spacial score (nSPS) is 53.0. The van der Waals surface area contributed by atoms with Crippen LogP contribution in [0.5, 0.6) is 0 Å². The fourth-order valence-corrected chi connectivity index (χ4v) is 6.82. The lowest BCUT2D eigenvalue weighted by atomic mass is 9.45. The van der Waals surface area contributed by atoms with Crippen LogP contribution in [0.25, 0.3) is 0 Å². The van der Waals surface area contributed by atoms with E-state index in [1.54, 1.807) is 0 Å². The summed E-state index contributed by atoms with van der Waals surface area (Å²) in [6.07, 6.45) is 9.53. The van der Waals surface area contributed by atoms with Crippen molar-refractivity contribution in [1.82, 2.24) is 0 Å². The van der Waals surface area contributed by atoms with Crippen molar-refractivity contribution in [2.45, 2.75) is 71.6 Å². The highest BCUT2D eigenvalue weighted by Crippen LogP contribution is 2.65. The summed E-state index contributed by atoms with van der Waals surface area (Å²) in [6, 6.07) is 0. The van der Waals surface area contributed by atoms with E-state index >= 15 is 0 Å². The lowest BCUT2D eigenvalue weighted by Gasteiger charge is -2.59. The molecule has 0 N–H and O–H groups in total. The molecule has 0 amide bonds. The minimum Gasteiger partial charge on any atom is -0.300 e. The largest absolute Gasteiger partial charge is 0.300 e. The molecule has 0 bridgehead atoms. The molecule has 4 aliphatic carbocycles. The van der Waals surface area contributed by atoms with Gasteiger partial charge in [0.2, 0.25) is 0 Å². The third kappa shape index (κ3) is 1.77. The predicted octanol–water partition coefficient (Wildman–Crippen LogP) is 4.17. The van der Waals surface area contributed by atoms with E-state index in [1.807, 2.05) is 0 Å². The zero-order chi connectivity index (χ0) is 14.8. The van der Waals surface area contributed by atoms with Crippen LogP contribution in [-0.2, 0) is 9.59 Å². The van der Waals surface area contributed by atoms with Crippen LogP contribution in [0, 0.1) is 34.5 Å². The lowest BCUT2D eigenvalue weighted by Crippen LogP contribution is -2.53. The molecule has 0 spiro atoms. The predicted molar refractivity (Wildman–Crippen MR) is 81.7 cm³/mol.